The molecule has 1 aromatic heterocycles. The molecule has 1 atom stereocenters. The minimum absolute atomic E-state index is 0.0269. The smallest absolute Gasteiger partial charge is 0.414 e. The number of carbonyl (C=O) groups is 3. The molecule has 0 aliphatic carbocycles. The fourth-order valence-electron chi connectivity index (χ4n) is 4.18. The lowest BCUT2D eigenvalue weighted by atomic mass is 10.2. The summed E-state index contributed by atoms with van der Waals surface area (Å²) in [5.74, 6) is -2.11. The minimum Gasteiger partial charge on any atom is -0.442 e. The first-order valence-corrected chi connectivity index (χ1v) is 11.9. The average Bonchev–Trinajstić information content (AvgIpc) is 3.07. The number of hydrogen-bond acceptors (Lipinski definition) is 8. The number of anilines is 2. The Kier molecular flexibility index (Phi) is 8.46. The topological polar surface area (TPSA) is 119 Å². The highest BCUT2D eigenvalue weighted by molar-refractivity contribution is 5.90. The molecule has 37 heavy (non-hydrogen) atoms. The normalized spacial score (nSPS) is 18.0. The zero-order valence-corrected chi connectivity index (χ0v) is 20.4. The molecule has 2 aliphatic rings. The van der Waals surface area contributed by atoms with E-state index in [2.05, 4.69) is 21.0 Å². The molecule has 0 bridgehead atoms. The minimum atomic E-state index is -0.827. The molecule has 3 N–H and O–H groups in total. The molecule has 0 spiro atoms. The number of ether oxygens (including phenoxy) is 1. The molecular formula is C24H29F2N7O4. The second-order valence-corrected chi connectivity index (χ2v) is 8.71. The Morgan fingerprint density at radius 1 is 1.16 bits per heavy atom. The van der Waals surface area contributed by atoms with Crippen molar-refractivity contribution in [2.24, 2.45) is 0 Å². The van der Waals surface area contributed by atoms with Gasteiger partial charge in [0.25, 0.3) is 5.91 Å². The van der Waals surface area contributed by atoms with Gasteiger partial charge in [0.2, 0.25) is 5.91 Å². The molecule has 3 amide bonds. The molecule has 11 nitrogen and oxygen atoms in total. The predicted molar refractivity (Wildman–Crippen MR) is 131 cm³/mol. The summed E-state index contributed by atoms with van der Waals surface area (Å²) in [6.45, 7) is 3.11. The van der Waals surface area contributed by atoms with E-state index in [9.17, 15) is 14.4 Å². The molecule has 2 aromatic rings. The number of nitrogens with one attached hydrogen (secondary N) is 3. The van der Waals surface area contributed by atoms with Crippen molar-refractivity contribution in [1.29, 1.82) is 0 Å². The molecule has 1 aromatic carbocycles. The number of cyclic esters (lactones) is 1. The van der Waals surface area contributed by atoms with Gasteiger partial charge in [-0.25, -0.2) is 19.0 Å². The van der Waals surface area contributed by atoms with Crippen molar-refractivity contribution < 1.29 is 27.9 Å². The Hall–Kier alpha value is -3.84. The van der Waals surface area contributed by atoms with E-state index >= 15 is 8.78 Å². The van der Waals surface area contributed by atoms with Crippen LogP contribution in [-0.4, -0.2) is 79.8 Å². The Morgan fingerprint density at radius 3 is 2.59 bits per heavy atom. The van der Waals surface area contributed by atoms with Gasteiger partial charge in [0.15, 0.2) is 11.6 Å². The number of aromatic nitrogens is 1. The quantitative estimate of drug-likeness (QED) is 0.470. The standard InChI is InChI=1S/C24H29F2N7O4/c1-16(34)29-13-19-15-32(24(36)37-19)18-10-20(25)23(21(26)11-18)31-7-6-30-33(9-8-31)22(35)14-28-12-17-2-4-27-5-3-17/h2-5,10-11,19,28,30H,6-9,12-15H2,1H3,(H,29,34)/t19-/m0/s1. The number of benzene rings is 1. The summed E-state index contributed by atoms with van der Waals surface area (Å²) < 4.78 is 35.4. The van der Waals surface area contributed by atoms with Gasteiger partial charge in [0.05, 0.1) is 31.9 Å². The van der Waals surface area contributed by atoms with Crippen molar-refractivity contribution in [2.75, 3.05) is 55.6 Å². The maximum Gasteiger partial charge on any atom is 0.414 e. The molecule has 3 heterocycles. The molecule has 2 aliphatic heterocycles. The van der Waals surface area contributed by atoms with Crippen molar-refractivity contribution >= 4 is 29.3 Å². The number of rotatable bonds is 8. The second-order valence-electron chi connectivity index (χ2n) is 8.71. The third kappa shape index (κ3) is 6.68. The van der Waals surface area contributed by atoms with Gasteiger partial charge in [0.1, 0.15) is 11.8 Å². The number of pyridine rings is 1. The maximum absolute atomic E-state index is 15.1. The van der Waals surface area contributed by atoms with Crippen LogP contribution in [0.25, 0.3) is 0 Å². The zero-order chi connectivity index (χ0) is 26.4. The van der Waals surface area contributed by atoms with Gasteiger partial charge in [-0.15, -0.1) is 0 Å². The number of nitrogens with zero attached hydrogens (tertiary/aromatic N) is 4. The van der Waals surface area contributed by atoms with Crippen molar-refractivity contribution in [3.05, 3.63) is 53.9 Å². The molecule has 0 unspecified atom stereocenters. The van der Waals surface area contributed by atoms with Gasteiger partial charge in [-0.2, -0.15) is 0 Å². The van der Waals surface area contributed by atoms with Crippen LogP contribution in [0.5, 0.6) is 0 Å². The summed E-state index contributed by atoms with van der Waals surface area (Å²) in [6, 6.07) is 5.88. The van der Waals surface area contributed by atoms with Crippen LogP contribution in [-0.2, 0) is 20.9 Å². The van der Waals surface area contributed by atoms with Gasteiger partial charge in [0, 0.05) is 57.6 Å². The maximum atomic E-state index is 15.1. The van der Waals surface area contributed by atoms with Gasteiger partial charge >= 0.3 is 6.09 Å². The fraction of sp³-hybridized carbons (Fsp3) is 0.417. The van der Waals surface area contributed by atoms with Gasteiger partial charge in [-0.3, -0.25) is 24.5 Å². The third-order valence-corrected chi connectivity index (χ3v) is 6.02. The van der Waals surface area contributed by atoms with E-state index in [1.165, 1.54) is 16.8 Å². The summed E-state index contributed by atoms with van der Waals surface area (Å²) >= 11 is 0. The Labute approximate surface area is 212 Å². The van der Waals surface area contributed by atoms with Crippen LogP contribution in [0.1, 0.15) is 12.5 Å². The molecule has 13 heteroatoms. The molecule has 2 fully saturated rings. The van der Waals surface area contributed by atoms with Crippen LogP contribution in [0.3, 0.4) is 0 Å². The van der Waals surface area contributed by atoms with E-state index in [1.807, 2.05) is 12.1 Å². The highest BCUT2D eigenvalue weighted by Crippen LogP contribution is 2.31. The number of halogens is 2. The van der Waals surface area contributed by atoms with Crippen LogP contribution in [0.2, 0.25) is 0 Å². The SMILES string of the molecule is CC(=O)NC[C@H]1CN(c2cc(F)c(N3CCNN(C(=O)CNCc4ccncc4)CC3)c(F)c2)C(=O)O1. The summed E-state index contributed by atoms with van der Waals surface area (Å²) in [4.78, 5) is 42.5. The zero-order valence-electron chi connectivity index (χ0n) is 20.4. The highest BCUT2D eigenvalue weighted by Gasteiger charge is 2.34. The molecular weight excluding hydrogens is 488 g/mol. The van der Waals surface area contributed by atoms with Crippen LogP contribution < -0.4 is 25.9 Å². The Balaban J connectivity index is 1.34. The second kappa shape index (κ2) is 11.9. The van der Waals surface area contributed by atoms with E-state index < -0.39 is 23.8 Å². The lowest BCUT2D eigenvalue weighted by Crippen LogP contribution is -2.47. The average molecular weight is 518 g/mol. The van der Waals surface area contributed by atoms with Crippen LogP contribution >= 0.6 is 0 Å². The van der Waals surface area contributed by atoms with Crippen molar-refractivity contribution in [3.63, 3.8) is 0 Å². The lowest BCUT2D eigenvalue weighted by Gasteiger charge is -2.25. The highest BCUT2D eigenvalue weighted by atomic mass is 19.1. The number of carbonyl (C=O) groups excluding carboxylic acids is 3. The van der Waals surface area contributed by atoms with E-state index in [0.717, 1.165) is 22.6 Å². The van der Waals surface area contributed by atoms with E-state index in [0.29, 0.717) is 13.1 Å². The summed E-state index contributed by atoms with van der Waals surface area (Å²) in [5, 5.41) is 7.07. The van der Waals surface area contributed by atoms with E-state index in [4.69, 9.17) is 4.74 Å². The summed E-state index contributed by atoms with van der Waals surface area (Å²) in [5.41, 5.74) is 3.80. The van der Waals surface area contributed by atoms with Gasteiger partial charge in [-0.1, -0.05) is 0 Å². The number of hydrogen-bond donors (Lipinski definition) is 3. The first kappa shape index (κ1) is 26.2. The first-order chi connectivity index (χ1) is 17.8. The lowest BCUT2D eigenvalue weighted by molar-refractivity contribution is -0.133. The summed E-state index contributed by atoms with van der Waals surface area (Å²) in [6.07, 6.45) is 1.99. The van der Waals surface area contributed by atoms with Gasteiger partial charge < -0.3 is 20.3 Å². The molecule has 0 saturated carbocycles. The fourth-order valence-corrected chi connectivity index (χ4v) is 4.18. The van der Waals surface area contributed by atoms with Crippen LogP contribution in [0, 0.1) is 11.6 Å². The molecule has 4 rings (SSSR count). The Morgan fingerprint density at radius 2 is 1.89 bits per heavy atom. The van der Waals surface area contributed by atoms with Crippen LogP contribution in [0.15, 0.2) is 36.7 Å². The van der Waals surface area contributed by atoms with Crippen molar-refractivity contribution in [2.45, 2.75) is 19.6 Å². The van der Waals surface area contributed by atoms with E-state index in [-0.39, 0.29) is 62.5 Å². The van der Waals surface area contributed by atoms with Crippen molar-refractivity contribution in [3.8, 4) is 0 Å². The van der Waals surface area contributed by atoms with Gasteiger partial charge in [-0.05, 0) is 17.7 Å². The molecule has 2 saturated heterocycles. The summed E-state index contributed by atoms with van der Waals surface area (Å²) in [7, 11) is 0. The van der Waals surface area contributed by atoms with Crippen LogP contribution in [0.4, 0.5) is 25.0 Å². The van der Waals surface area contributed by atoms with E-state index in [1.54, 1.807) is 12.4 Å². The number of hydrazine groups is 1. The first-order valence-electron chi connectivity index (χ1n) is 11.9. The van der Waals surface area contributed by atoms with Crippen molar-refractivity contribution in [1.82, 2.24) is 26.1 Å². The monoisotopic (exact) mass is 517 g/mol. The molecule has 198 valence electrons. The molecule has 0 radical (unpaired) electrons. The number of amides is 3. The Bertz CT molecular complexity index is 1110. The predicted octanol–water partition coefficient (Wildman–Crippen LogP) is 0.764. The largest absolute Gasteiger partial charge is 0.442 e. The third-order valence-electron chi connectivity index (χ3n) is 6.02.